The number of furan rings is 1. The summed E-state index contributed by atoms with van der Waals surface area (Å²) in [7, 11) is 0. The number of amides is 1. The van der Waals surface area contributed by atoms with Crippen molar-refractivity contribution in [3.63, 3.8) is 0 Å². The lowest BCUT2D eigenvalue weighted by Gasteiger charge is -2.27. The largest absolute Gasteiger partial charge is 0.444 e. The Kier molecular flexibility index (Phi) is 3.60. The number of hydrogen-bond donors (Lipinski definition) is 1. The highest BCUT2D eigenvalue weighted by Crippen LogP contribution is 2.20. The van der Waals surface area contributed by atoms with E-state index in [0.717, 1.165) is 0 Å². The van der Waals surface area contributed by atoms with Gasteiger partial charge in [0.2, 0.25) is 0 Å². The maximum Gasteiger partial charge on any atom is 0.287 e. The van der Waals surface area contributed by atoms with Crippen LogP contribution in [0.5, 0.6) is 0 Å². The molecule has 1 rings (SSSR count). The van der Waals surface area contributed by atoms with Gasteiger partial charge in [-0.05, 0) is 40.4 Å². The normalized spacial score (nSPS) is 13.7. The van der Waals surface area contributed by atoms with Crippen molar-refractivity contribution >= 4 is 21.8 Å². The summed E-state index contributed by atoms with van der Waals surface area (Å²) < 4.78 is 5.73. The summed E-state index contributed by atoms with van der Waals surface area (Å²) in [4.78, 5) is 11.7. The second-order valence-electron chi connectivity index (χ2n) is 4.66. The van der Waals surface area contributed by atoms with Crippen LogP contribution in [-0.2, 0) is 0 Å². The summed E-state index contributed by atoms with van der Waals surface area (Å²) in [6.07, 6.45) is 0. The van der Waals surface area contributed by atoms with Gasteiger partial charge in [0.05, 0.1) is 0 Å². The molecule has 1 amide bonds. The average Bonchev–Trinajstić information content (AvgIpc) is 2.50. The number of rotatable bonds is 2. The zero-order valence-corrected chi connectivity index (χ0v) is 11.0. The molecule has 0 radical (unpaired) electrons. The Bertz CT molecular complexity index is 352. The second kappa shape index (κ2) is 4.39. The Morgan fingerprint density at radius 1 is 1.47 bits per heavy atom. The van der Waals surface area contributed by atoms with Gasteiger partial charge in [0.25, 0.3) is 5.91 Å². The summed E-state index contributed by atoms with van der Waals surface area (Å²) in [6, 6.07) is 3.44. The Labute approximate surface area is 98.4 Å². The van der Waals surface area contributed by atoms with Gasteiger partial charge in [0, 0.05) is 6.04 Å². The predicted octanol–water partition coefficient (Wildman–Crippen LogP) is 3.21. The van der Waals surface area contributed by atoms with E-state index in [1.165, 1.54) is 0 Å². The van der Waals surface area contributed by atoms with Crippen LogP contribution in [0.25, 0.3) is 0 Å². The van der Waals surface area contributed by atoms with Gasteiger partial charge in [0.1, 0.15) is 0 Å². The van der Waals surface area contributed by atoms with Crippen LogP contribution in [-0.4, -0.2) is 11.9 Å². The lowest BCUT2D eigenvalue weighted by Crippen LogP contribution is -2.41. The van der Waals surface area contributed by atoms with E-state index in [1.807, 2.05) is 6.92 Å². The highest BCUT2D eigenvalue weighted by atomic mass is 79.9. The number of carbonyl (C=O) groups excluding carboxylic acids is 1. The maximum absolute atomic E-state index is 11.7. The molecule has 0 unspecified atom stereocenters. The van der Waals surface area contributed by atoms with E-state index in [9.17, 15) is 4.79 Å². The summed E-state index contributed by atoms with van der Waals surface area (Å²) >= 11 is 3.16. The van der Waals surface area contributed by atoms with Gasteiger partial charge in [-0.25, -0.2) is 0 Å². The lowest BCUT2D eigenvalue weighted by atomic mass is 9.88. The van der Waals surface area contributed by atoms with Gasteiger partial charge in [-0.15, -0.1) is 0 Å². The summed E-state index contributed by atoms with van der Waals surface area (Å²) in [5.74, 6) is 0.154. The molecule has 0 saturated heterocycles. The lowest BCUT2D eigenvalue weighted by molar-refractivity contribution is 0.0880. The van der Waals surface area contributed by atoms with E-state index in [0.29, 0.717) is 10.4 Å². The highest BCUT2D eigenvalue weighted by Gasteiger charge is 2.23. The minimum absolute atomic E-state index is 0.0412. The molecule has 0 bridgehead atoms. The second-order valence-corrected chi connectivity index (χ2v) is 5.45. The molecule has 0 saturated carbocycles. The highest BCUT2D eigenvalue weighted by molar-refractivity contribution is 9.10. The molecule has 1 atom stereocenters. The molecule has 4 heteroatoms. The minimum atomic E-state index is -0.178. The van der Waals surface area contributed by atoms with Gasteiger partial charge in [-0.2, -0.15) is 0 Å². The van der Waals surface area contributed by atoms with Crippen molar-refractivity contribution in [2.45, 2.75) is 33.7 Å². The molecular formula is C11H16BrNO2. The standard InChI is InChI=1S/C11H16BrNO2/c1-7(11(2,3)4)13-10(14)8-5-6-9(12)15-8/h5-7H,1-4H3,(H,13,14)/t7-/m1/s1. The fourth-order valence-corrected chi connectivity index (χ4v) is 1.23. The van der Waals surface area contributed by atoms with E-state index in [4.69, 9.17) is 4.42 Å². The third-order valence-electron chi connectivity index (χ3n) is 2.44. The molecule has 0 aliphatic rings. The number of hydrogen-bond acceptors (Lipinski definition) is 2. The SMILES string of the molecule is C[C@@H](NC(=O)c1ccc(Br)o1)C(C)(C)C. The molecule has 0 fully saturated rings. The number of nitrogens with one attached hydrogen (secondary N) is 1. The first-order chi connectivity index (χ1) is 6.80. The van der Waals surface area contributed by atoms with E-state index in [-0.39, 0.29) is 17.4 Å². The molecule has 0 aliphatic carbocycles. The topological polar surface area (TPSA) is 42.2 Å². The van der Waals surface area contributed by atoms with E-state index < -0.39 is 0 Å². The summed E-state index contributed by atoms with van der Waals surface area (Å²) in [5, 5.41) is 2.90. The fraction of sp³-hybridized carbons (Fsp3) is 0.545. The van der Waals surface area contributed by atoms with Crippen LogP contribution in [0.1, 0.15) is 38.2 Å². The first-order valence-corrected chi connectivity index (χ1v) is 5.66. The molecule has 0 spiro atoms. The maximum atomic E-state index is 11.7. The van der Waals surface area contributed by atoms with E-state index in [2.05, 4.69) is 42.0 Å². The molecule has 1 N–H and O–H groups in total. The zero-order chi connectivity index (χ0) is 11.6. The van der Waals surface area contributed by atoms with Crippen LogP contribution in [0.2, 0.25) is 0 Å². The quantitative estimate of drug-likeness (QED) is 0.899. The molecule has 0 aromatic carbocycles. The Morgan fingerprint density at radius 2 is 2.07 bits per heavy atom. The molecule has 84 valence electrons. The third-order valence-corrected chi connectivity index (χ3v) is 2.87. The molecule has 3 nitrogen and oxygen atoms in total. The van der Waals surface area contributed by atoms with Gasteiger partial charge in [0.15, 0.2) is 10.4 Å². The van der Waals surface area contributed by atoms with Gasteiger partial charge in [-0.3, -0.25) is 4.79 Å². The smallest absolute Gasteiger partial charge is 0.287 e. The molecular weight excluding hydrogens is 258 g/mol. The van der Waals surface area contributed by atoms with Crippen molar-refractivity contribution in [3.05, 3.63) is 22.6 Å². The minimum Gasteiger partial charge on any atom is -0.444 e. The number of halogens is 1. The summed E-state index contributed by atoms with van der Waals surface area (Å²) in [5.41, 5.74) is 0.0412. The van der Waals surface area contributed by atoms with Crippen LogP contribution < -0.4 is 5.32 Å². The van der Waals surface area contributed by atoms with Gasteiger partial charge >= 0.3 is 0 Å². The first-order valence-electron chi connectivity index (χ1n) is 4.87. The van der Waals surface area contributed by atoms with Crippen LogP contribution in [0.4, 0.5) is 0 Å². The molecule has 1 aromatic rings. The van der Waals surface area contributed by atoms with E-state index in [1.54, 1.807) is 12.1 Å². The van der Waals surface area contributed by atoms with Crippen molar-refractivity contribution in [1.29, 1.82) is 0 Å². The zero-order valence-electron chi connectivity index (χ0n) is 9.43. The molecule has 0 aliphatic heterocycles. The van der Waals surface area contributed by atoms with Gasteiger partial charge in [-0.1, -0.05) is 20.8 Å². The molecule has 1 heterocycles. The molecule has 15 heavy (non-hydrogen) atoms. The third kappa shape index (κ3) is 3.38. The van der Waals surface area contributed by atoms with Crippen molar-refractivity contribution in [3.8, 4) is 0 Å². The monoisotopic (exact) mass is 273 g/mol. The van der Waals surface area contributed by atoms with Gasteiger partial charge < -0.3 is 9.73 Å². The van der Waals surface area contributed by atoms with Crippen LogP contribution in [0.15, 0.2) is 21.2 Å². The number of carbonyl (C=O) groups is 1. The van der Waals surface area contributed by atoms with Crippen LogP contribution in [0, 0.1) is 5.41 Å². The average molecular weight is 274 g/mol. The fourth-order valence-electron chi connectivity index (χ4n) is 0.921. The van der Waals surface area contributed by atoms with Crippen molar-refractivity contribution in [2.24, 2.45) is 5.41 Å². The van der Waals surface area contributed by atoms with Crippen LogP contribution >= 0.6 is 15.9 Å². The van der Waals surface area contributed by atoms with Crippen molar-refractivity contribution in [1.82, 2.24) is 5.32 Å². The van der Waals surface area contributed by atoms with Crippen molar-refractivity contribution in [2.75, 3.05) is 0 Å². The first kappa shape index (κ1) is 12.3. The van der Waals surface area contributed by atoms with E-state index >= 15 is 0 Å². The van der Waals surface area contributed by atoms with Crippen molar-refractivity contribution < 1.29 is 9.21 Å². The Hall–Kier alpha value is -0.770. The summed E-state index contributed by atoms with van der Waals surface area (Å²) in [6.45, 7) is 8.22. The molecule has 1 aromatic heterocycles. The van der Waals surface area contributed by atoms with Crippen LogP contribution in [0.3, 0.4) is 0 Å². The Morgan fingerprint density at radius 3 is 2.47 bits per heavy atom. The predicted molar refractivity (Wildman–Crippen MR) is 62.8 cm³/mol. The Balaban J connectivity index is 2.64.